The van der Waals surface area contributed by atoms with Gasteiger partial charge in [0.25, 0.3) is 0 Å². The fraction of sp³-hybridized carbons (Fsp3) is 0.133. The molecule has 1 aromatic heterocycles. The van der Waals surface area contributed by atoms with Crippen LogP contribution in [0.4, 0.5) is 0 Å². The average molecular weight is 272 g/mol. The molecule has 0 atom stereocenters. The van der Waals surface area contributed by atoms with E-state index in [1.165, 1.54) is 5.56 Å². The van der Waals surface area contributed by atoms with Gasteiger partial charge in [0, 0.05) is 5.56 Å². The van der Waals surface area contributed by atoms with Crippen molar-refractivity contribution in [3.63, 3.8) is 0 Å². The summed E-state index contributed by atoms with van der Waals surface area (Å²) >= 11 is 6.19. The molecule has 0 saturated carbocycles. The van der Waals surface area contributed by atoms with E-state index in [9.17, 15) is 0 Å². The Morgan fingerprint density at radius 1 is 1.16 bits per heavy atom. The van der Waals surface area contributed by atoms with Gasteiger partial charge in [0.15, 0.2) is 0 Å². The van der Waals surface area contributed by atoms with Crippen molar-refractivity contribution >= 4 is 22.6 Å². The van der Waals surface area contributed by atoms with Crippen LogP contribution in [0.5, 0.6) is 0 Å². The maximum atomic E-state index is 6.19. The number of halogens is 1. The summed E-state index contributed by atoms with van der Waals surface area (Å²) in [6.45, 7) is 0.650. The lowest BCUT2D eigenvalue weighted by Crippen LogP contribution is -2.02. The van der Waals surface area contributed by atoms with Crippen LogP contribution in [0.3, 0.4) is 0 Å². The summed E-state index contributed by atoms with van der Waals surface area (Å²) in [5.74, 6) is 0.797. The first-order valence-corrected chi connectivity index (χ1v) is 6.59. The Morgan fingerprint density at radius 2 is 2.00 bits per heavy atom. The summed E-state index contributed by atoms with van der Waals surface area (Å²) in [6.07, 6.45) is 0.871. The van der Waals surface area contributed by atoms with Gasteiger partial charge in [-0.25, -0.2) is 4.98 Å². The van der Waals surface area contributed by atoms with Gasteiger partial charge in [-0.2, -0.15) is 0 Å². The number of nitrogens with one attached hydrogen (secondary N) is 1. The standard InChI is InChI=1S/C15H14ClN3/c16-12-4-2-1-3-11(12)15-18-13-6-5-10(7-8-17)9-14(13)19-15/h1-6,9H,7-8,17H2,(H,18,19). The minimum atomic E-state index is 0.650. The largest absolute Gasteiger partial charge is 0.338 e. The van der Waals surface area contributed by atoms with Crippen LogP contribution in [0, 0.1) is 0 Å². The molecule has 96 valence electrons. The van der Waals surface area contributed by atoms with Crippen molar-refractivity contribution < 1.29 is 0 Å². The summed E-state index contributed by atoms with van der Waals surface area (Å²) in [4.78, 5) is 7.89. The smallest absolute Gasteiger partial charge is 0.139 e. The van der Waals surface area contributed by atoms with Crippen LogP contribution in [-0.2, 0) is 6.42 Å². The lowest BCUT2D eigenvalue weighted by Gasteiger charge is -1.98. The minimum Gasteiger partial charge on any atom is -0.338 e. The van der Waals surface area contributed by atoms with Gasteiger partial charge in [-0.15, -0.1) is 0 Å². The number of hydrogen-bond donors (Lipinski definition) is 2. The molecule has 2 aromatic carbocycles. The van der Waals surface area contributed by atoms with Crippen LogP contribution < -0.4 is 5.73 Å². The van der Waals surface area contributed by atoms with Crippen LogP contribution in [0.25, 0.3) is 22.4 Å². The third kappa shape index (κ3) is 2.35. The first kappa shape index (κ1) is 12.2. The van der Waals surface area contributed by atoms with E-state index in [0.717, 1.165) is 28.8 Å². The van der Waals surface area contributed by atoms with Crippen LogP contribution in [0.15, 0.2) is 42.5 Å². The topological polar surface area (TPSA) is 54.7 Å². The average Bonchev–Trinajstić information content (AvgIpc) is 2.82. The molecule has 0 fully saturated rings. The van der Waals surface area contributed by atoms with Gasteiger partial charge in [-0.1, -0.05) is 29.8 Å². The highest BCUT2D eigenvalue weighted by molar-refractivity contribution is 6.33. The number of benzene rings is 2. The Hall–Kier alpha value is -1.84. The normalized spacial score (nSPS) is 11.1. The van der Waals surface area contributed by atoms with Gasteiger partial charge in [0.1, 0.15) is 5.82 Å². The maximum absolute atomic E-state index is 6.19. The fourth-order valence-electron chi connectivity index (χ4n) is 2.16. The van der Waals surface area contributed by atoms with Crippen molar-refractivity contribution in [3.8, 4) is 11.4 Å². The zero-order chi connectivity index (χ0) is 13.2. The SMILES string of the molecule is NCCc1ccc2nc(-c3ccccc3Cl)[nH]c2c1. The molecule has 19 heavy (non-hydrogen) atoms. The summed E-state index contributed by atoms with van der Waals surface area (Å²) < 4.78 is 0. The number of hydrogen-bond acceptors (Lipinski definition) is 2. The number of aromatic amines is 1. The predicted molar refractivity (Wildman–Crippen MR) is 79.3 cm³/mol. The molecule has 0 radical (unpaired) electrons. The summed E-state index contributed by atoms with van der Waals surface area (Å²) in [5.41, 5.74) is 9.66. The first-order chi connectivity index (χ1) is 9.28. The van der Waals surface area contributed by atoms with Crippen LogP contribution in [-0.4, -0.2) is 16.5 Å². The van der Waals surface area contributed by atoms with Gasteiger partial charge in [0.05, 0.1) is 16.1 Å². The monoisotopic (exact) mass is 271 g/mol. The number of H-pyrrole nitrogens is 1. The molecule has 0 unspecified atom stereocenters. The Morgan fingerprint density at radius 3 is 2.79 bits per heavy atom. The van der Waals surface area contributed by atoms with Crippen LogP contribution >= 0.6 is 11.6 Å². The molecule has 0 aliphatic heterocycles. The molecular formula is C15H14ClN3. The van der Waals surface area contributed by atoms with Gasteiger partial charge in [-0.05, 0) is 42.8 Å². The predicted octanol–water partition coefficient (Wildman–Crippen LogP) is 3.38. The highest BCUT2D eigenvalue weighted by Crippen LogP contribution is 2.27. The van der Waals surface area contributed by atoms with Gasteiger partial charge in [-0.3, -0.25) is 0 Å². The first-order valence-electron chi connectivity index (χ1n) is 6.21. The fourth-order valence-corrected chi connectivity index (χ4v) is 2.38. The number of nitrogens with zero attached hydrogens (tertiary/aromatic N) is 1. The molecular weight excluding hydrogens is 258 g/mol. The molecule has 4 heteroatoms. The third-order valence-electron chi connectivity index (χ3n) is 3.11. The zero-order valence-electron chi connectivity index (χ0n) is 10.4. The minimum absolute atomic E-state index is 0.650. The molecule has 3 rings (SSSR count). The Balaban J connectivity index is 2.09. The van der Waals surface area contributed by atoms with Gasteiger partial charge >= 0.3 is 0 Å². The highest BCUT2D eigenvalue weighted by atomic mass is 35.5. The lowest BCUT2D eigenvalue weighted by molar-refractivity contribution is 0.970. The van der Waals surface area contributed by atoms with Crippen LogP contribution in [0.1, 0.15) is 5.56 Å². The molecule has 0 bridgehead atoms. The van der Waals surface area contributed by atoms with E-state index in [0.29, 0.717) is 11.6 Å². The van der Waals surface area contributed by atoms with E-state index in [1.807, 2.05) is 30.3 Å². The maximum Gasteiger partial charge on any atom is 0.139 e. The molecule has 1 heterocycles. The zero-order valence-corrected chi connectivity index (χ0v) is 11.1. The number of fused-ring (bicyclic) bond motifs is 1. The van der Waals surface area contributed by atoms with Crippen molar-refractivity contribution in [2.75, 3.05) is 6.54 Å². The van der Waals surface area contributed by atoms with Crippen molar-refractivity contribution in [2.24, 2.45) is 5.73 Å². The van der Waals surface area contributed by atoms with Crippen molar-refractivity contribution in [1.82, 2.24) is 9.97 Å². The van der Waals surface area contributed by atoms with Crippen molar-refractivity contribution in [3.05, 3.63) is 53.1 Å². The van der Waals surface area contributed by atoms with Gasteiger partial charge in [0.2, 0.25) is 0 Å². The second-order valence-corrected chi connectivity index (χ2v) is 4.86. The van der Waals surface area contributed by atoms with Gasteiger partial charge < -0.3 is 10.7 Å². The Labute approximate surface area is 116 Å². The van der Waals surface area contributed by atoms with E-state index in [4.69, 9.17) is 17.3 Å². The van der Waals surface area contributed by atoms with E-state index >= 15 is 0 Å². The van der Waals surface area contributed by atoms with E-state index in [2.05, 4.69) is 22.1 Å². The van der Waals surface area contributed by atoms with Crippen molar-refractivity contribution in [1.29, 1.82) is 0 Å². The summed E-state index contributed by atoms with van der Waals surface area (Å²) in [7, 11) is 0. The molecule has 0 aliphatic rings. The molecule has 0 aliphatic carbocycles. The van der Waals surface area contributed by atoms with Crippen LogP contribution in [0.2, 0.25) is 5.02 Å². The Bertz CT molecular complexity index is 718. The second kappa shape index (κ2) is 5.03. The summed E-state index contributed by atoms with van der Waals surface area (Å²) in [6, 6.07) is 13.9. The molecule has 3 aromatic rings. The second-order valence-electron chi connectivity index (χ2n) is 4.46. The number of nitrogens with two attached hydrogens (primary N) is 1. The number of imidazole rings is 1. The highest BCUT2D eigenvalue weighted by Gasteiger charge is 2.08. The number of aromatic nitrogens is 2. The molecule has 3 N–H and O–H groups in total. The summed E-state index contributed by atoms with van der Waals surface area (Å²) in [5, 5.41) is 0.698. The van der Waals surface area contributed by atoms with E-state index in [-0.39, 0.29) is 0 Å². The molecule has 0 saturated heterocycles. The molecule has 0 amide bonds. The van der Waals surface area contributed by atoms with Crippen molar-refractivity contribution in [2.45, 2.75) is 6.42 Å². The quantitative estimate of drug-likeness (QED) is 0.767. The van der Waals surface area contributed by atoms with E-state index in [1.54, 1.807) is 0 Å². The Kier molecular flexibility index (Phi) is 3.23. The number of rotatable bonds is 3. The molecule has 3 nitrogen and oxygen atoms in total. The van der Waals surface area contributed by atoms with E-state index < -0.39 is 0 Å². The lowest BCUT2D eigenvalue weighted by atomic mass is 10.1. The third-order valence-corrected chi connectivity index (χ3v) is 3.44. The molecule has 0 spiro atoms.